The minimum absolute atomic E-state index is 0.0304. The second-order valence-corrected chi connectivity index (χ2v) is 8.88. The van der Waals surface area contributed by atoms with Crippen molar-refractivity contribution in [1.29, 1.82) is 5.26 Å². The van der Waals surface area contributed by atoms with Gasteiger partial charge in [0.05, 0.1) is 30.6 Å². The molecule has 0 atom stereocenters. The fraction of sp³-hybridized carbons (Fsp3) is 0.462. The van der Waals surface area contributed by atoms with Gasteiger partial charge in [0.25, 0.3) is 5.56 Å². The van der Waals surface area contributed by atoms with E-state index in [1.807, 2.05) is 33.8 Å². The second-order valence-electron chi connectivity index (χ2n) is 8.88. The Bertz CT molecular complexity index is 1230. The van der Waals surface area contributed by atoms with E-state index in [4.69, 9.17) is 14.2 Å². The average molecular weight is 513 g/mol. The van der Waals surface area contributed by atoms with Crippen molar-refractivity contribution in [2.45, 2.75) is 53.7 Å². The van der Waals surface area contributed by atoms with Crippen LogP contribution in [0.3, 0.4) is 0 Å². The minimum atomic E-state index is -0.821. The van der Waals surface area contributed by atoms with Crippen LogP contribution in [0.25, 0.3) is 0 Å². The first kappa shape index (κ1) is 29.2. The SMILES string of the molecule is Cc1c(C#N)c(O)n(CC(=O)OCCOC(C)C)c(=O)c1N=Nc1ccc(C(=O)OCCC(C)C)cc1. The van der Waals surface area contributed by atoms with Crippen LogP contribution in [0, 0.1) is 24.2 Å². The molecule has 37 heavy (non-hydrogen) atoms. The van der Waals surface area contributed by atoms with E-state index >= 15 is 0 Å². The summed E-state index contributed by atoms with van der Waals surface area (Å²) in [5.41, 5.74) is -0.478. The third-order valence-electron chi connectivity index (χ3n) is 5.15. The van der Waals surface area contributed by atoms with Gasteiger partial charge < -0.3 is 19.3 Å². The predicted molar refractivity (Wildman–Crippen MR) is 134 cm³/mol. The van der Waals surface area contributed by atoms with E-state index in [-0.39, 0.29) is 36.1 Å². The van der Waals surface area contributed by atoms with E-state index in [9.17, 15) is 24.8 Å². The molecule has 0 aliphatic carbocycles. The number of azo groups is 1. The zero-order valence-electron chi connectivity index (χ0n) is 21.7. The lowest BCUT2D eigenvalue weighted by Gasteiger charge is -2.13. The maximum absolute atomic E-state index is 13.0. The molecule has 0 saturated heterocycles. The predicted octanol–water partition coefficient (Wildman–Crippen LogP) is 4.32. The van der Waals surface area contributed by atoms with Crippen molar-refractivity contribution in [3.63, 3.8) is 0 Å². The van der Waals surface area contributed by atoms with Gasteiger partial charge in [-0.15, -0.1) is 5.11 Å². The van der Waals surface area contributed by atoms with Crippen LogP contribution < -0.4 is 5.56 Å². The molecule has 2 rings (SSSR count). The molecule has 11 heteroatoms. The summed E-state index contributed by atoms with van der Waals surface area (Å²) in [7, 11) is 0. The molecule has 2 aromatic rings. The summed E-state index contributed by atoms with van der Waals surface area (Å²) < 4.78 is 16.3. The molecule has 0 fully saturated rings. The van der Waals surface area contributed by atoms with Crippen molar-refractivity contribution < 1.29 is 28.9 Å². The summed E-state index contributed by atoms with van der Waals surface area (Å²) in [6.45, 7) is 9.03. The molecule has 0 aliphatic heterocycles. The third kappa shape index (κ3) is 8.54. The van der Waals surface area contributed by atoms with Crippen LogP contribution in [0.4, 0.5) is 11.4 Å². The number of aromatic hydroxyl groups is 1. The van der Waals surface area contributed by atoms with E-state index in [1.165, 1.54) is 31.2 Å². The standard InChI is InChI=1S/C26H32N4O7/c1-16(2)10-11-37-26(34)19-6-8-20(9-7-19)28-29-23-18(5)21(14-27)24(32)30(25(23)33)15-22(31)36-13-12-35-17(3)4/h6-9,16-17,32H,10-13,15H2,1-5H3. The van der Waals surface area contributed by atoms with Gasteiger partial charge in [-0.3, -0.25) is 14.2 Å². The number of esters is 2. The molecule has 198 valence electrons. The summed E-state index contributed by atoms with van der Waals surface area (Å²) in [6.07, 6.45) is 0.726. The zero-order valence-corrected chi connectivity index (χ0v) is 21.7. The van der Waals surface area contributed by atoms with Crippen molar-refractivity contribution in [2.24, 2.45) is 16.1 Å². The molecule has 0 saturated carbocycles. The molecule has 0 amide bonds. The van der Waals surface area contributed by atoms with Crippen LogP contribution in [0.5, 0.6) is 5.88 Å². The van der Waals surface area contributed by atoms with Crippen molar-refractivity contribution in [2.75, 3.05) is 19.8 Å². The maximum atomic E-state index is 13.0. The Morgan fingerprint density at radius 2 is 1.73 bits per heavy atom. The summed E-state index contributed by atoms with van der Waals surface area (Å²) >= 11 is 0. The molecule has 0 bridgehead atoms. The van der Waals surface area contributed by atoms with E-state index < -0.39 is 29.9 Å². The fourth-order valence-corrected chi connectivity index (χ4v) is 3.06. The van der Waals surface area contributed by atoms with Gasteiger partial charge in [-0.05, 0) is 57.4 Å². The number of aromatic nitrogens is 1. The van der Waals surface area contributed by atoms with E-state index in [0.717, 1.165) is 6.42 Å². The van der Waals surface area contributed by atoms with Crippen LogP contribution in [0.2, 0.25) is 0 Å². The normalized spacial score (nSPS) is 11.2. The largest absolute Gasteiger partial charge is 0.493 e. The van der Waals surface area contributed by atoms with Gasteiger partial charge in [-0.25, -0.2) is 4.79 Å². The number of hydrogen-bond acceptors (Lipinski definition) is 10. The molecule has 1 heterocycles. The van der Waals surface area contributed by atoms with Gasteiger partial charge in [-0.2, -0.15) is 10.4 Å². The first-order valence-corrected chi connectivity index (χ1v) is 11.9. The monoisotopic (exact) mass is 512 g/mol. The van der Waals surface area contributed by atoms with Crippen LogP contribution >= 0.6 is 0 Å². The van der Waals surface area contributed by atoms with E-state index in [0.29, 0.717) is 28.3 Å². The highest BCUT2D eigenvalue weighted by Crippen LogP contribution is 2.27. The molecular formula is C26H32N4O7. The summed E-state index contributed by atoms with van der Waals surface area (Å²) in [5.74, 6) is -1.50. The number of benzene rings is 1. The fourth-order valence-electron chi connectivity index (χ4n) is 3.06. The molecule has 0 aliphatic rings. The van der Waals surface area contributed by atoms with E-state index in [1.54, 1.807) is 0 Å². The van der Waals surface area contributed by atoms with E-state index in [2.05, 4.69) is 10.2 Å². The molecule has 0 unspecified atom stereocenters. The Hall–Kier alpha value is -4.04. The van der Waals surface area contributed by atoms with Gasteiger partial charge in [-0.1, -0.05) is 13.8 Å². The van der Waals surface area contributed by atoms with Crippen molar-refractivity contribution in [3.8, 4) is 11.9 Å². The Balaban J connectivity index is 2.22. The van der Waals surface area contributed by atoms with Gasteiger partial charge in [0.15, 0.2) is 5.69 Å². The first-order valence-electron chi connectivity index (χ1n) is 11.9. The summed E-state index contributed by atoms with van der Waals surface area (Å²) in [5, 5.41) is 27.9. The number of pyridine rings is 1. The molecule has 0 radical (unpaired) electrons. The number of ether oxygens (including phenoxy) is 3. The minimum Gasteiger partial charge on any atom is -0.493 e. The van der Waals surface area contributed by atoms with Gasteiger partial charge >= 0.3 is 11.9 Å². The van der Waals surface area contributed by atoms with Crippen molar-refractivity contribution in [3.05, 3.63) is 51.3 Å². The molecule has 1 aromatic heterocycles. The highest BCUT2D eigenvalue weighted by molar-refractivity contribution is 5.89. The quantitative estimate of drug-likeness (QED) is 0.251. The zero-order chi connectivity index (χ0) is 27.5. The smallest absolute Gasteiger partial charge is 0.338 e. The Morgan fingerprint density at radius 3 is 2.32 bits per heavy atom. The molecule has 1 N–H and O–H groups in total. The van der Waals surface area contributed by atoms with Gasteiger partial charge in [0, 0.05) is 5.56 Å². The number of carbonyl (C=O) groups excluding carboxylic acids is 2. The molecule has 11 nitrogen and oxygen atoms in total. The number of carbonyl (C=O) groups is 2. The second kappa shape index (κ2) is 13.9. The number of hydrogen-bond donors (Lipinski definition) is 1. The number of rotatable bonds is 12. The number of nitrogens with zero attached hydrogens (tertiary/aromatic N) is 4. The van der Waals surface area contributed by atoms with Crippen LogP contribution in [-0.4, -0.2) is 47.5 Å². The van der Waals surface area contributed by atoms with Crippen LogP contribution in [-0.2, 0) is 25.5 Å². The highest BCUT2D eigenvalue weighted by atomic mass is 16.6. The molecule has 1 aromatic carbocycles. The lowest BCUT2D eigenvalue weighted by molar-refractivity contribution is -0.146. The number of nitriles is 1. The third-order valence-corrected chi connectivity index (χ3v) is 5.15. The summed E-state index contributed by atoms with van der Waals surface area (Å²) in [4.78, 5) is 37.3. The van der Waals surface area contributed by atoms with Gasteiger partial charge in [0.1, 0.15) is 24.8 Å². The molecular weight excluding hydrogens is 480 g/mol. The first-order chi connectivity index (χ1) is 17.5. The lowest BCUT2D eigenvalue weighted by atomic mass is 10.1. The van der Waals surface area contributed by atoms with Crippen molar-refractivity contribution >= 4 is 23.3 Å². The maximum Gasteiger partial charge on any atom is 0.338 e. The Kier molecular flexibility index (Phi) is 11.0. The van der Waals surface area contributed by atoms with Gasteiger partial charge in [0.2, 0.25) is 5.88 Å². The Labute approximate surface area is 215 Å². The van der Waals surface area contributed by atoms with Crippen LogP contribution in [0.15, 0.2) is 39.3 Å². The average Bonchev–Trinajstić information content (AvgIpc) is 2.84. The molecule has 0 spiro atoms. The van der Waals surface area contributed by atoms with Crippen LogP contribution in [0.1, 0.15) is 55.6 Å². The topological polar surface area (TPSA) is 153 Å². The Morgan fingerprint density at radius 1 is 1.05 bits per heavy atom. The lowest BCUT2D eigenvalue weighted by Crippen LogP contribution is -2.27. The summed E-state index contributed by atoms with van der Waals surface area (Å²) in [6, 6.07) is 7.91. The van der Waals surface area contributed by atoms with Crippen molar-refractivity contribution in [1.82, 2.24) is 4.57 Å². The highest BCUT2D eigenvalue weighted by Gasteiger charge is 2.21.